The van der Waals surface area contributed by atoms with Crippen molar-refractivity contribution in [2.75, 3.05) is 18.9 Å². The number of hydrogen-bond donors (Lipinski definition) is 2. The summed E-state index contributed by atoms with van der Waals surface area (Å²) >= 11 is 0. The number of nitrogens with zero attached hydrogens (tertiary/aromatic N) is 2. The van der Waals surface area contributed by atoms with Crippen molar-refractivity contribution in [1.29, 1.82) is 0 Å². The van der Waals surface area contributed by atoms with Crippen LogP contribution in [0.5, 0.6) is 0 Å². The molecule has 0 aliphatic carbocycles. The molecule has 1 aromatic rings. The van der Waals surface area contributed by atoms with Crippen LogP contribution in [-0.4, -0.2) is 40.1 Å². The molecule has 3 N–H and O–H groups in total. The fourth-order valence-electron chi connectivity index (χ4n) is 2.37. The maximum absolute atomic E-state index is 12.4. The van der Waals surface area contributed by atoms with E-state index in [1.165, 1.54) is 6.20 Å². The number of rotatable bonds is 2. The molecule has 1 fully saturated rings. The summed E-state index contributed by atoms with van der Waals surface area (Å²) in [5.74, 6) is -0.126. The second-order valence-electron chi connectivity index (χ2n) is 4.74. The van der Waals surface area contributed by atoms with Crippen LogP contribution in [0.4, 0.5) is 5.69 Å². The molecule has 1 unspecified atom stereocenters. The number of carbonyl (C=O) groups excluding carboxylic acids is 1. The van der Waals surface area contributed by atoms with Gasteiger partial charge in [-0.2, -0.15) is 0 Å². The third kappa shape index (κ3) is 2.46. The first-order valence-corrected chi connectivity index (χ1v) is 6.27. The van der Waals surface area contributed by atoms with Gasteiger partial charge in [0.25, 0.3) is 5.91 Å². The van der Waals surface area contributed by atoms with Gasteiger partial charge in [-0.25, -0.2) is 0 Å². The summed E-state index contributed by atoms with van der Waals surface area (Å²) in [6.07, 6.45) is 4.40. The SMILES string of the molecule is Cc1cc(N)c(C(=O)N2CCCCC2CO)cn1. The largest absolute Gasteiger partial charge is 0.398 e. The van der Waals surface area contributed by atoms with Crippen molar-refractivity contribution in [3.8, 4) is 0 Å². The van der Waals surface area contributed by atoms with Crippen molar-refractivity contribution in [1.82, 2.24) is 9.88 Å². The van der Waals surface area contributed by atoms with Gasteiger partial charge in [-0.15, -0.1) is 0 Å². The van der Waals surface area contributed by atoms with Gasteiger partial charge in [0.05, 0.1) is 18.2 Å². The van der Waals surface area contributed by atoms with Crippen LogP contribution >= 0.6 is 0 Å². The van der Waals surface area contributed by atoms with Gasteiger partial charge in [-0.05, 0) is 32.3 Å². The Balaban J connectivity index is 2.24. The monoisotopic (exact) mass is 249 g/mol. The molecule has 0 spiro atoms. The molecule has 1 aliphatic rings. The average molecular weight is 249 g/mol. The Hall–Kier alpha value is -1.62. The molecule has 1 aromatic heterocycles. The molecule has 0 aromatic carbocycles. The molecule has 2 heterocycles. The van der Waals surface area contributed by atoms with Gasteiger partial charge in [0.2, 0.25) is 0 Å². The third-order valence-electron chi connectivity index (χ3n) is 3.40. The summed E-state index contributed by atoms with van der Waals surface area (Å²) in [6, 6.07) is 1.61. The van der Waals surface area contributed by atoms with Crippen LogP contribution in [-0.2, 0) is 0 Å². The summed E-state index contributed by atoms with van der Waals surface area (Å²) in [6.45, 7) is 2.52. The number of aromatic nitrogens is 1. The van der Waals surface area contributed by atoms with Crippen LogP contribution in [0.15, 0.2) is 12.3 Å². The van der Waals surface area contributed by atoms with Gasteiger partial charge in [-0.3, -0.25) is 9.78 Å². The van der Waals surface area contributed by atoms with Gasteiger partial charge in [0, 0.05) is 24.1 Å². The minimum absolute atomic E-state index is 0.00490. The zero-order valence-electron chi connectivity index (χ0n) is 10.6. The molecule has 1 aliphatic heterocycles. The third-order valence-corrected chi connectivity index (χ3v) is 3.40. The Kier molecular flexibility index (Phi) is 3.81. The van der Waals surface area contributed by atoms with Crippen LogP contribution in [0, 0.1) is 6.92 Å². The quantitative estimate of drug-likeness (QED) is 0.818. The normalized spacial score (nSPS) is 19.9. The van der Waals surface area contributed by atoms with Gasteiger partial charge in [0.15, 0.2) is 0 Å². The van der Waals surface area contributed by atoms with E-state index in [1.807, 2.05) is 6.92 Å². The van der Waals surface area contributed by atoms with E-state index in [4.69, 9.17) is 5.73 Å². The van der Waals surface area contributed by atoms with Gasteiger partial charge >= 0.3 is 0 Å². The summed E-state index contributed by atoms with van der Waals surface area (Å²) < 4.78 is 0. The van der Waals surface area contributed by atoms with Gasteiger partial charge < -0.3 is 15.7 Å². The van der Waals surface area contributed by atoms with Crippen LogP contribution < -0.4 is 5.73 Å². The van der Waals surface area contributed by atoms with E-state index in [2.05, 4.69) is 4.98 Å². The lowest BCUT2D eigenvalue weighted by Gasteiger charge is -2.34. The molecule has 2 rings (SSSR count). The topological polar surface area (TPSA) is 79.5 Å². The Labute approximate surface area is 107 Å². The maximum Gasteiger partial charge on any atom is 0.257 e. The highest BCUT2D eigenvalue weighted by molar-refractivity contribution is 5.99. The van der Waals surface area contributed by atoms with Gasteiger partial charge in [-0.1, -0.05) is 0 Å². The minimum Gasteiger partial charge on any atom is -0.398 e. The number of carbonyl (C=O) groups is 1. The molecule has 0 radical (unpaired) electrons. The summed E-state index contributed by atoms with van der Waals surface area (Å²) in [5, 5.41) is 9.33. The van der Waals surface area contributed by atoms with Crippen molar-refractivity contribution >= 4 is 11.6 Å². The Morgan fingerprint density at radius 3 is 3.06 bits per heavy atom. The van der Waals surface area contributed by atoms with Crippen molar-refractivity contribution in [2.45, 2.75) is 32.2 Å². The number of aliphatic hydroxyl groups excluding tert-OH is 1. The van der Waals surface area contributed by atoms with Crippen LogP contribution in [0.1, 0.15) is 35.3 Å². The number of piperidine rings is 1. The van der Waals surface area contributed by atoms with E-state index in [0.29, 0.717) is 17.8 Å². The van der Waals surface area contributed by atoms with E-state index in [9.17, 15) is 9.90 Å². The first-order chi connectivity index (χ1) is 8.63. The number of hydrogen-bond acceptors (Lipinski definition) is 4. The number of likely N-dealkylation sites (tertiary alicyclic amines) is 1. The van der Waals surface area contributed by atoms with Crippen LogP contribution in [0.3, 0.4) is 0 Å². The molecule has 0 bridgehead atoms. The molecule has 1 atom stereocenters. The number of anilines is 1. The van der Waals surface area contributed by atoms with Crippen molar-refractivity contribution in [3.63, 3.8) is 0 Å². The highest BCUT2D eigenvalue weighted by Gasteiger charge is 2.28. The fraction of sp³-hybridized carbons (Fsp3) is 0.538. The Morgan fingerprint density at radius 1 is 1.61 bits per heavy atom. The number of amides is 1. The number of pyridine rings is 1. The number of nitrogens with two attached hydrogens (primary N) is 1. The molecule has 98 valence electrons. The zero-order valence-corrected chi connectivity index (χ0v) is 10.6. The minimum atomic E-state index is -0.126. The first-order valence-electron chi connectivity index (χ1n) is 6.27. The second-order valence-corrected chi connectivity index (χ2v) is 4.74. The smallest absolute Gasteiger partial charge is 0.257 e. The van der Waals surface area contributed by atoms with Crippen LogP contribution in [0.25, 0.3) is 0 Å². The maximum atomic E-state index is 12.4. The first kappa shape index (κ1) is 12.8. The van der Waals surface area contributed by atoms with Crippen LogP contribution in [0.2, 0.25) is 0 Å². The number of aryl methyl sites for hydroxylation is 1. The number of aliphatic hydroxyl groups is 1. The number of nitrogen functional groups attached to an aromatic ring is 1. The summed E-state index contributed by atoms with van der Waals surface area (Å²) in [7, 11) is 0. The summed E-state index contributed by atoms with van der Waals surface area (Å²) in [4.78, 5) is 18.2. The highest BCUT2D eigenvalue weighted by atomic mass is 16.3. The Bertz CT molecular complexity index is 448. The molecule has 18 heavy (non-hydrogen) atoms. The second kappa shape index (κ2) is 5.35. The predicted molar refractivity (Wildman–Crippen MR) is 69.1 cm³/mol. The van der Waals surface area contributed by atoms with Gasteiger partial charge in [0.1, 0.15) is 0 Å². The fourth-order valence-corrected chi connectivity index (χ4v) is 2.37. The van der Waals surface area contributed by atoms with E-state index in [-0.39, 0.29) is 18.6 Å². The lowest BCUT2D eigenvalue weighted by molar-refractivity contribution is 0.0503. The molecular weight excluding hydrogens is 230 g/mol. The average Bonchev–Trinajstić information content (AvgIpc) is 2.38. The van der Waals surface area contributed by atoms with E-state index >= 15 is 0 Å². The molecule has 1 saturated heterocycles. The predicted octanol–water partition coefficient (Wildman–Crippen LogP) is 0.959. The molecule has 5 nitrogen and oxygen atoms in total. The van der Waals surface area contributed by atoms with Crippen molar-refractivity contribution in [2.24, 2.45) is 0 Å². The van der Waals surface area contributed by atoms with E-state index in [1.54, 1.807) is 11.0 Å². The highest BCUT2D eigenvalue weighted by Crippen LogP contribution is 2.21. The summed E-state index contributed by atoms with van der Waals surface area (Å²) in [5.41, 5.74) is 7.54. The van der Waals surface area contributed by atoms with E-state index in [0.717, 1.165) is 25.0 Å². The lowest BCUT2D eigenvalue weighted by atomic mass is 10.0. The van der Waals surface area contributed by atoms with Crippen molar-refractivity contribution in [3.05, 3.63) is 23.5 Å². The van der Waals surface area contributed by atoms with E-state index < -0.39 is 0 Å². The lowest BCUT2D eigenvalue weighted by Crippen LogP contribution is -2.45. The van der Waals surface area contributed by atoms with Crippen molar-refractivity contribution < 1.29 is 9.90 Å². The zero-order chi connectivity index (χ0) is 13.1. The Morgan fingerprint density at radius 2 is 2.39 bits per heavy atom. The standard InChI is InChI=1S/C13H19N3O2/c1-9-6-12(14)11(7-15-9)13(18)16-5-3-2-4-10(16)8-17/h6-7,10,17H,2-5,8H2,1H3,(H2,14,15). The molecule has 5 heteroatoms. The molecule has 0 saturated carbocycles. The molecular formula is C13H19N3O2. The molecule has 1 amide bonds.